The van der Waals surface area contributed by atoms with Gasteiger partial charge in [-0.15, -0.1) is 0 Å². The van der Waals surface area contributed by atoms with E-state index in [2.05, 4.69) is 25.8 Å². The third-order valence-corrected chi connectivity index (χ3v) is 3.98. The first kappa shape index (κ1) is 15.3. The zero-order chi connectivity index (χ0) is 15.1. The van der Waals surface area contributed by atoms with Gasteiger partial charge in [0.2, 0.25) is 0 Å². The molecule has 1 aliphatic carbocycles. The van der Waals surface area contributed by atoms with E-state index in [1.54, 1.807) is 0 Å². The van der Waals surface area contributed by atoms with Crippen LogP contribution in [0.3, 0.4) is 0 Å². The van der Waals surface area contributed by atoms with Gasteiger partial charge in [0.05, 0.1) is 12.0 Å². The van der Waals surface area contributed by atoms with Crippen LogP contribution in [-0.4, -0.2) is 38.8 Å². The molecular weight excluding hydrogens is 274 g/mol. The Balaban J connectivity index is 1.83. The minimum absolute atomic E-state index is 0.157. The number of carbonyl (C=O) groups excluding carboxylic acids is 1. The number of carboxylic acid groups (broad SMARTS) is 1. The van der Waals surface area contributed by atoms with Crippen molar-refractivity contribution in [3.8, 4) is 0 Å². The molecule has 1 aromatic rings. The lowest BCUT2D eigenvalue weighted by molar-refractivity contribution is -0.149. The molecular formula is C13H21N5O3. The van der Waals surface area contributed by atoms with Crippen molar-refractivity contribution in [2.45, 2.75) is 45.1 Å². The van der Waals surface area contributed by atoms with Gasteiger partial charge in [-0.05, 0) is 12.8 Å². The average Bonchev–Trinajstić information content (AvgIpc) is 2.87. The second-order valence-corrected chi connectivity index (χ2v) is 5.47. The number of hydrogen-bond acceptors (Lipinski definition) is 4. The minimum Gasteiger partial charge on any atom is -0.481 e. The monoisotopic (exact) mass is 295 g/mol. The number of amides is 2. The summed E-state index contributed by atoms with van der Waals surface area (Å²) in [6.07, 6.45) is 6.51. The van der Waals surface area contributed by atoms with Crippen molar-refractivity contribution in [1.82, 2.24) is 25.8 Å². The molecule has 0 aliphatic heterocycles. The Labute approximate surface area is 122 Å². The minimum atomic E-state index is -0.833. The number of carbonyl (C=O) groups is 2. The predicted octanol–water partition coefficient (Wildman–Crippen LogP) is 1.03. The highest BCUT2D eigenvalue weighted by Crippen LogP contribution is 2.34. The summed E-state index contributed by atoms with van der Waals surface area (Å²) >= 11 is 0. The molecule has 1 heterocycles. The first-order chi connectivity index (χ1) is 10.1. The van der Waals surface area contributed by atoms with Gasteiger partial charge >= 0.3 is 12.0 Å². The molecule has 0 spiro atoms. The molecule has 8 nitrogen and oxygen atoms in total. The summed E-state index contributed by atoms with van der Waals surface area (Å²) in [4.78, 5) is 27.2. The maximum absolute atomic E-state index is 11.8. The van der Waals surface area contributed by atoms with Gasteiger partial charge in [0, 0.05) is 6.54 Å². The molecule has 0 aromatic carbocycles. The summed E-state index contributed by atoms with van der Waals surface area (Å²) in [5.74, 6) is -0.271. The molecule has 0 unspecified atom stereocenters. The maximum atomic E-state index is 11.8. The van der Waals surface area contributed by atoms with Gasteiger partial charge in [-0.1, -0.05) is 25.7 Å². The van der Waals surface area contributed by atoms with Gasteiger partial charge in [-0.2, -0.15) is 5.10 Å². The average molecular weight is 295 g/mol. The number of rotatable bonds is 5. The van der Waals surface area contributed by atoms with Gasteiger partial charge in [-0.3, -0.25) is 9.89 Å². The summed E-state index contributed by atoms with van der Waals surface area (Å²) in [6, 6.07) is -0.392. The highest BCUT2D eigenvalue weighted by atomic mass is 16.4. The molecule has 0 bridgehead atoms. The molecule has 8 heteroatoms. The number of urea groups is 1. The Bertz CT molecular complexity index is 466. The SMILES string of the molecule is O=C(NCc1ncn[nH]1)NCC1(C(=O)O)CCCCCC1. The van der Waals surface area contributed by atoms with Crippen LogP contribution >= 0.6 is 0 Å². The summed E-state index contributed by atoms with van der Waals surface area (Å²) in [6.45, 7) is 0.385. The zero-order valence-electron chi connectivity index (χ0n) is 11.9. The molecule has 2 rings (SSSR count). The number of aromatic nitrogens is 3. The molecule has 1 aliphatic rings. The van der Waals surface area contributed by atoms with Crippen LogP contribution < -0.4 is 10.6 Å². The first-order valence-corrected chi connectivity index (χ1v) is 7.22. The molecule has 0 atom stereocenters. The Morgan fingerprint density at radius 1 is 1.24 bits per heavy atom. The Hall–Kier alpha value is -2.12. The van der Waals surface area contributed by atoms with Crippen molar-refractivity contribution in [2.24, 2.45) is 5.41 Å². The topological polar surface area (TPSA) is 120 Å². The highest BCUT2D eigenvalue weighted by Gasteiger charge is 2.38. The largest absolute Gasteiger partial charge is 0.481 e. The molecule has 1 saturated carbocycles. The summed E-state index contributed by atoms with van der Waals surface area (Å²) in [5, 5.41) is 21.1. The predicted molar refractivity (Wildman–Crippen MR) is 74.4 cm³/mol. The van der Waals surface area contributed by atoms with E-state index in [-0.39, 0.29) is 13.1 Å². The third-order valence-electron chi connectivity index (χ3n) is 3.98. The first-order valence-electron chi connectivity index (χ1n) is 7.22. The van der Waals surface area contributed by atoms with Crippen molar-refractivity contribution in [3.05, 3.63) is 12.2 Å². The van der Waals surface area contributed by atoms with E-state index in [1.807, 2.05) is 0 Å². The zero-order valence-corrected chi connectivity index (χ0v) is 11.9. The fourth-order valence-corrected chi connectivity index (χ4v) is 2.66. The Morgan fingerprint density at radius 3 is 2.52 bits per heavy atom. The number of carboxylic acids is 1. The third kappa shape index (κ3) is 4.17. The van der Waals surface area contributed by atoms with E-state index in [1.165, 1.54) is 6.33 Å². The molecule has 116 valence electrons. The van der Waals surface area contributed by atoms with Crippen molar-refractivity contribution in [2.75, 3.05) is 6.54 Å². The van der Waals surface area contributed by atoms with E-state index in [0.29, 0.717) is 18.7 Å². The van der Waals surface area contributed by atoms with Crippen molar-refractivity contribution < 1.29 is 14.7 Å². The molecule has 0 radical (unpaired) electrons. The number of aliphatic carboxylic acids is 1. The smallest absolute Gasteiger partial charge is 0.315 e. The van der Waals surface area contributed by atoms with Crippen molar-refractivity contribution in [3.63, 3.8) is 0 Å². The van der Waals surface area contributed by atoms with Gasteiger partial charge in [-0.25, -0.2) is 9.78 Å². The van der Waals surface area contributed by atoms with E-state index in [0.717, 1.165) is 25.7 Å². The van der Waals surface area contributed by atoms with Crippen LogP contribution in [-0.2, 0) is 11.3 Å². The van der Waals surface area contributed by atoms with Crippen LogP contribution in [0.15, 0.2) is 6.33 Å². The molecule has 2 amide bonds. The number of aromatic amines is 1. The maximum Gasteiger partial charge on any atom is 0.315 e. The molecule has 0 saturated heterocycles. The van der Waals surface area contributed by atoms with E-state index in [9.17, 15) is 14.7 Å². The number of nitrogens with zero attached hydrogens (tertiary/aromatic N) is 2. The second kappa shape index (κ2) is 7.05. The van der Waals surface area contributed by atoms with Crippen LogP contribution in [0.4, 0.5) is 4.79 Å². The van der Waals surface area contributed by atoms with Crippen LogP contribution in [0.1, 0.15) is 44.3 Å². The van der Waals surface area contributed by atoms with Gasteiger partial charge in [0.25, 0.3) is 0 Å². The van der Waals surface area contributed by atoms with Crippen LogP contribution in [0.25, 0.3) is 0 Å². The van der Waals surface area contributed by atoms with Crippen LogP contribution in [0, 0.1) is 5.41 Å². The molecule has 1 aromatic heterocycles. The second-order valence-electron chi connectivity index (χ2n) is 5.47. The summed E-state index contributed by atoms with van der Waals surface area (Å²) in [5.41, 5.74) is -0.833. The van der Waals surface area contributed by atoms with Crippen LogP contribution in [0.2, 0.25) is 0 Å². The van der Waals surface area contributed by atoms with Crippen molar-refractivity contribution >= 4 is 12.0 Å². The number of nitrogens with one attached hydrogen (secondary N) is 3. The fourth-order valence-electron chi connectivity index (χ4n) is 2.66. The van der Waals surface area contributed by atoms with Crippen LogP contribution in [0.5, 0.6) is 0 Å². The van der Waals surface area contributed by atoms with Crippen molar-refractivity contribution in [1.29, 1.82) is 0 Å². The number of H-pyrrole nitrogens is 1. The normalized spacial score (nSPS) is 17.7. The Morgan fingerprint density at radius 2 is 1.95 bits per heavy atom. The lowest BCUT2D eigenvalue weighted by Crippen LogP contribution is -2.46. The fraction of sp³-hybridized carbons (Fsp3) is 0.692. The number of hydrogen-bond donors (Lipinski definition) is 4. The quantitative estimate of drug-likeness (QED) is 0.605. The Kier molecular flexibility index (Phi) is 5.13. The van der Waals surface area contributed by atoms with Gasteiger partial charge in [0.15, 0.2) is 0 Å². The van der Waals surface area contributed by atoms with E-state index >= 15 is 0 Å². The molecule has 1 fully saturated rings. The van der Waals surface area contributed by atoms with Gasteiger partial charge in [0.1, 0.15) is 12.2 Å². The lowest BCUT2D eigenvalue weighted by atomic mass is 9.80. The lowest BCUT2D eigenvalue weighted by Gasteiger charge is -2.28. The summed E-state index contributed by atoms with van der Waals surface area (Å²) in [7, 11) is 0. The standard InChI is InChI=1S/C13H21N5O3/c19-11(20)13(5-3-1-2-4-6-13)8-15-12(21)14-7-10-16-9-17-18-10/h9H,1-8H2,(H,19,20)(H2,14,15,21)(H,16,17,18). The van der Waals surface area contributed by atoms with Gasteiger partial charge < -0.3 is 15.7 Å². The molecule has 4 N–H and O–H groups in total. The van der Waals surface area contributed by atoms with E-state index in [4.69, 9.17) is 0 Å². The highest BCUT2D eigenvalue weighted by molar-refractivity contribution is 5.78. The van der Waals surface area contributed by atoms with E-state index < -0.39 is 17.4 Å². The molecule has 21 heavy (non-hydrogen) atoms. The summed E-state index contributed by atoms with van der Waals surface area (Å²) < 4.78 is 0.